The van der Waals surface area contributed by atoms with Crippen molar-refractivity contribution in [3.63, 3.8) is 0 Å². The van der Waals surface area contributed by atoms with E-state index in [1.165, 1.54) is 0 Å². The molecule has 14 heavy (non-hydrogen) atoms. The molecule has 2 heterocycles. The smallest absolute Gasteiger partial charge is 0.338 e. The lowest BCUT2D eigenvalue weighted by molar-refractivity contribution is -0.139. The number of epoxide rings is 1. The number of ether oxygens (including phenoxy) is 2. The molecule has 0 radical (unpaired) electrons. The molecule has 0 aromatic carbocycles. The lowest BCUT2D eigenvalue weighted by Gasteiger charge is -2.14. The number of esters is 1. The second-order valence-electron chi connectivity index (χ2n) is 3.26. The zero-order valence-electron chi connectivity index (χ0n) is 7.86. The third-order valence-electron chi connectivity index (χ3n) is 2.25. The first kappa shape index (κ1) is 9.21. The van der Waals surface area contributed by atoms with Crippen molar-refractivity contribution in [3.05, 3.63) is 36.0 Å². The standard InChI is InChI=1S/C11H12O3/c1-2-10-8(3-4-9-7-14-9)5-6-13-11(10)12/h2-4,9H,1,5-7H2/b4-3+. The maximum absolute atomic E-state index is 11.3. The minimum Gasteiger partial charge on any atom is -0.462 e. The highest BCUT2D eigenvalue weighted by Gasteiger charge is 2.21. The van der Waals surface area contributed by atoms with E-state index < -0.39 is 0 Å². The molecule has 2 aliphatic heterocycles. The minimum absolute atomic E-state index is 0.242. The maximum Gasteiger partial charge on any atom is 0.338 e. The molecule has 3 heteroatoms. The first-order valence-corrected chi connectivity index (χ1v) is 4.64. The molecule has 0 aromatic heterocycles. The van der Waals surface area contributed by atoms with Crippen LogP contribution >= 0.6 is 0 Å². The largest absolute Gasteiger partial charge is 0.462 e. The predicted molar refractivity (Wildman–Crippen MR) is 51.7 cm³/mol. The first-order chi connectivity index (χ1) is 6.81. The highest BCUT2D eigenvalue weighted by molar-refractivity contribution is 5.93. The van der Waals surface area contributed by atoms with Crippen LogP contribution in [0.3, 0.4) is 0 Å². The molecule has 1 saturated heterocycles. The van der Waals surface area contributed by atoms with Crippen LogP contribution in [-0.4, -0.2) is 25.3 Å². The van der Waals surface area contributed by atoms with Crippen molar-refractivity contribution in [1.82, 2.24) is 0 Å². The van der Waals surface area contributed by atoms with Crippen LogP contribution in [0.25, 0.3) is 0 Å². The third-order valence-corrected chi connectivity index (χ3v) is 2.25. The van der Waals surface area contributed by atoms with E-state index in [1.54, 1.807) is 6.08 Å². The molecule has 2 aliphatic rings. The van der Waals surface area contributed by atoms with Crippen molar-refractivity contribution in [3.8, 4) is 0 Å². The van der Waals surface area contributed by atoms with Crippen molar-refractivity contribution < 1.29 is 14.3 Å². The minimum atomic E-state index is -0.275. The number of carbonyl (C=O) groups excluding carboxylic acids is 1. The average molecular weight is 192 g/mol. The van der Waals surface area contributed by atoms with Crippen LogP contribution in [0.15, 0.2) is 36.0 Å². The van der Waals surface area contributed by atoms with Crippen molar-refractivity contribution in [2.75, 3.05) is 13.2 Å². The van der Waals surface area contributed by atoms with E-state index in [4.69, 9.17) is 9.47 Å². The van der Waals surface area contributed by atoms with Gasteiger partial charge in [-0.25, -0.2) is 4.79 Å². The van der Waals surface area contributed by atoms with Crippen LogP contribution < -0.4 is 0 Å². The zero-order chi connectivity index (χ0) is 9.97. The molecular formula is C11H12O3. The molecule has 0 saturated carbocycles. The molecular weight excluding hydrogens is 180 g/mol. The van der Waals surface area contributed by atoms with Gasteiger partial charge in [-0.2, -0.15) is 0 Å². The Labute approximate surface area is 82.7 Å². The lowest BCUT2D eigenvalue weighted by Crippen LogP contribution is -2.15. The average Bonchev–Trinajstić information content (AvgIpc) is 2.98. The monoisotopic (exact) mass is 192 g/mol. The Morgan fingerprint density at radius 3 is 2.93 bits per heavy atom. The quantitative estimate of drug-likeness (QED) is 0.500. The molecule has 0 spiro atoms. The van der Waals surface area contributed by atoms with E-state index in [0.717, 1.165) is 18.6 Å². The third kappa shape index (κ3) is 1.93. The van der Waals surface area contributed by atoms with Gasteiger partial charge >= 0.3 is 5.97 Å². The summed E-state index contributed by atoms with van der Waals surface area (Å²) in [6.45, 7) is 4.85. The van der Waals surface area contributed by atoms with Crippen LogP contribution in [0.2, 0.25) is 0 Å². The van der Waals surface area contributed by atoms with Crippen LogP contribution in [0.4, 0.5) is 0 Å². The molecule has 0 amide bonds. The summed E-state index contributed by atoms with van der Waals surface area (Å²) in [5.41, 5.74) is 1.57. The Morgan fingerprint density at radius 1 is 1.50 bits per heavy atom. The van der Waals surface area contributed by atoms with E-state index in [1.807, 2.05) is 12.2 Å². The van der Waals surface area contributed by atoms with E-state index in [-0.39, 0.29) is 12.1 Å². The SMILES string of the molecule is C=CC1=C(/C=C/C2CO2)CCOC1=O. The van der Waals surface area contributed by atoms with Gasteiger partial charge < -0.3 is 9.47 Å². The maximum atomic E-state index is 11.3. The summed E-state index contributed by atoms with van der Waals surface area (Å²) in [5.74, 6) is -0.275. The number of allylic oxidation sites excluding steroid dienone is 1. The summed E-state index contributed by atoms with van der Waals surface area (Å²) in [4.78, 5) is 11.3. The van der Waals surface area contributed by atoms with E-state index >= 15 is 0 Å². The number of cyclic esters (lactones) is 1. The van der Waals surface area contributed by atoms with Gasteiger partial charge in [0, 0.05) is 6.42 Å². The highest BCUT2D eigenvalue weighted by atomic mass is 16.6. The van der Waals surface area contributed by atoms with Gasteiger partial charge in [0.1, 0.15) is 0 Å². The van der Waals surface area contributed by atoms with Crippen molar-refractivity contribution in [2.45, 2.75) is 12.5 Å². The summed E-state index contributed by atoms with van der Waals surface area (Å²) in [5, 5.41) is 0. The fraction of sp³-hybridized carbons (Fsp3) is 0.364. The van der Waals surface area contributed by atoms with E-state index in [2.05, 4.69) is 6.58 Å². The van der Waals surface area contributed by atoms with Gasteiger partial charge in [0.15, 0.2) is 0 Å². The Bertz CT molecular complexity index is 321. The fourth-order valence-corrected chi connectivity index (χ4v) is 1.37. The van der Waals surface area contributed by atoms with Crippen LogP contribution in [0, 0.1) is 0 Å². The van der Waals surface area contributed by atoms with Gasteiger partial charge in [0.25, 0.3) is 0 Å². The van der Waals surface area contributed by atoms with Gasteiger partial charge in [-0.3, -0.25) is 0 Å². The summed E-state index contributed by atoms with van der Waals surface area (Å²) in [6.07, 6.45) is 6.46. The van der Waals surface area contributed by atoms with Crippen molar-refractivity contribution in [1.29, 1.82) is 0 Å². The molecule has 1 fully saturated rings. The number of hydrogen-bond acceptors (Lipinski definition) is 3. The Balaban J connectivity index is 2.18. The van der Waals surface area contributed by atoms with Crippen molar-refractivity contribution >= 4 is 5.97 Å². The molecule has 74 valence electrons. The summed E-state index contributed by atoms with van der Waals surface area (Å²) in [6, 6.07) is 0. The molecule has 1 atom stereocenters. The second kappa shape index (κ2) is 3.80. The molecule has 2 rings (SSSR count). The number of rotatable bonds is 3. The molecule has 0 bridgehead atoms. The Hall–Kier alpha value is -1.35. The van der Waals surface area contributed by atoms with Gasteiger partial charge in [-0.05, 0) is 5.57 Å². The van der Waals surface area contributed by atoms with Gasteiger partial charge in [0.2, 0.25) is 0 Å². The van der Waals surface area contributed by atoms with Crippen LogP contribution in [0.5, 0.6) is 0 Å². The van der Waals surface area contributed by atoms with Gasteiger partial charge in [-0.15, -0.1) is 0 Å². The van der Waals surface area contributed by atoms with Gasteiger partial charge in [0.05, 0.1) is 24.9 Å². The molecule has 1 unspecified atom stereocenters. The Morgan fingerprint density at radius 2 is 2.29 bits per heavy atom. The van der Waals surface area contributed by atoms with Crippen LogP contribution in [-0.2, 0) is 14.3 Å². The van der Waals surface area contributed by atoms with Crippen LogP contribution in [0.1, 0.15) is 6.42 Å². The molecule has 0 aliphatic carbocycles. The second-order valence-corrected chi connectivity index (χ2v) is 3.26. The molecule has 3 nitrogen and oxygen atoms in total. The van der Waals surface area contributed by atoms with Crippen molar-refractivity contribution in [2.24, 2.45) is 0 Å². The number of carbonyl (C=O) groups is 1. The molecule has 0 N–H and O–H groups in total. The highest BCUT2D eigenvalue weighted by Crippen LogP contribution is 2.20. The Kier molecular flexibility index (Phi) is 2.50. The fourth-order valence-electron chi connectivity index (χ4n) is 1.37. The summed E-state index contributed by atoms with van der Waals surface area (Å²) in [7, 11) is 0. The normalized spacial score (nSPS) is 26.6. The predicted octanol–water partition coefficient (Wildman–Crippen LogP) is 1.37. The summed E-state index contributed by atoms with van der Waals surface area (Å²) >= 11 is 0. The number of hydrogen-bond donors (Lipinski definition) is 0. The van der Waals surface area contributed by atoms with Gasteiger partial charge in [-0.1, -0.05) is 24.8 Å². The topological polar surface area (TPSA) is 38.8 Å². The zero-order valence-corrected chi connectivity index (χ0v) is 7.86. The summed E-state index contributed by atoms with van der Waals surface area (Å²) < 4.78 is 9.94. The molecule has 0 aromatic rings. The van der Waals surface area contributed by atoms with E-state index in [0.29, 0.717) is 12.2 Å². The first-order valence-electron chi connectivity index (χ1n) is 4.64. The lowest BCUT2D eigenvalue weighted by atomic mass is 10.0. The van der Waals surface area contributed by atoms with E-state index in [9.17, 15) is 4.79 Å².